The van der Waals surface area contributed by atoms with Crippen LogP contribution in [0.5, 0.6) is 0 Å². The van der Waals surface area contributed by atoms with Crippen LogP contribution >= 0.6 is 31.9 Å². The topological polar surface area (TPSA) is 51.2 Å². The van der Waals surface area contributed by atoms with Crippen molar-refractivity contribution in [3.05, 3.63) is 56.4 Å². The van der Waals surface area contributed by atoms with Crippen molar-refractivity contribution in [2.24, 2.45) is 5.84 Å². The lowest BCUT2D eigenvalue weighted by molar-refractivity contribution is 0.449. The average molecular weight is 360 g/mol. The molecule has 2 rings (SSSR count). The normalized spacial score (nSPS) is 12.7. The summed E-state index contributed by atoms with van der Waals surface area (Å²) in [5.74, 6) is 6.38. The van der Waals surface area contributed by atoms with E-state index in [4.69, 9.17) is 10.3 Å². The van der Waals surface area contributed by atoms with Gasteiger partial charge in [-0.25, -0.2) is 5.43 Å². The molecule has 0 saturated carbocycles. The van der Waals surface area contributed by atoms with Gasteiger partial charge in [0.2, 0.25) is 0 Å². The Labute approximate surface area is 117 Å². The first-order valence-corrected chi connectivity index (χ1v) is 6.67. The van der Waals surface area contributed by atoms with Gasteiger partial charge in [0.1, 0.15) is 11.8 Å². The van der Waals surface area contributed by atoms with Crippen molar-refractivity contribution in [1.29, 1.82) is 0 Å². The van der Waals surface area contributed by atoms with Crippen molar-refractivity contribution in [3.8, 4) is 0 Å². The third-order valence-electron chi connectivity index (χ3n) is 2.54. The Bertz CT molecular complexity index is 525. The number of furan rings is 1. The number of nitrogens with two attached hydrogens (primary N) is 1. The molecule has 1 aromatic carbocycles. The molecule has 0 bridgehead atoms. The Morgan fingerprint density at radius 3 is 2.53 bits per heavy atom. The van der Waals surface area contributed by atoms with Crippen molar-refractivity contribution in [2.45, 2.75) is 13.0 Å². The number of aryl methyl sites for hydroxylation is 1. The summed E-state index contributed by atoms with van der Waals surface area (Å²) in [7, 11) is 0. The molecule has 0 radical (unpaired) electrons. The van der Waals surface area contributed by atoms with Gasteiger partial charge in [0, 0.05) is 4.47 Å². The van der Waals surface area contributed by atoms with E-state index in [1.807, 2.05) is 25.1 Å². The van der Waals surface area contributed by atoms with E-state index in [2.05, 4.69) is 43.4 Å². The molecule has 0 aliphatic heterocycles. The first-order chi connectivity index (χ1) is 8.13. The first-order valence-electron chi connectivity index (χ1n) is 5.08. The Hall–Kier alpha value is -0.620. The van der Waals surface area contributed by atoms with Crippen LogP contribution in [0.2, 0.25) is 0 Å². The SMILES string of the molecule is Cc1ccc(C(NN)c2occc2Br)c(Br)c1. The van der Waals surface area contributed by atoms with Gasteiger partial charge >= 0.3 is 0 Å². The molecule has 17 heavy (non-hydrogen) atoms. The fourth-order valence-electron chi connectivity index (χ4n) is 1.68. The van der Waals surface area contributed by atoms with Gasteiger partial charge in [-0.3, -0.25) is 5.84 Å². The Morgan fingerprint density at radius 2 is 2.00 bits per heavy atom. The van der Waals surface area contributed by atoms with Crippen LogP contribution in [0.3, 0.4) is 0 Å². The summed E-state index contributed by atoms with van der Waals surface area (Å²) < 4.78 is 7.35. The van der Waals surface area contributed by atoms with Gasteiger partial charge in [0.05, 0.1) is 10.7 Å². The van der Waals surface area contributed by atoms with Gasteiger partial charge in [-0.15, -0.1) is 0 Å². The molecule has 3 nitrogen and oxygen atoms in total. The van der Waals surface area contributed by atoms with Gasteiger partial charge in [0.15, 0.2) is 0 Å². The number of hydrazine groups is 1. The predicted molar refractivity (Wildman–Crippen MR) is 74.5 cm³/mol. The molecule has 0 saturated heterocycles. The van der Waals surface area contributed by atoms with Gasteiger partial charge in [-0.1, -0.05) is 28.1 Å². The highest BCUT2D eigenvalue weighted by atomic mass is 79.9. The summed E-state index contributed by atoms with van der Waals surface area (Å²) in [5, 5.41) is 0. The molecule has 1 unspecified atom stereocenters. The number of rotatable bonds is 3. The second kappa shape index (κ2) is 5.35. The molecule has 1 aromatic heterocycles. The van der Waals surface area contributed by atoms with Crippen molar-refractivity contribution in [2.75, 3.05) is 0 Å². The van der Waals surface area contributed by atoms with Crippen LogP contribution < -0.4 is 11.3 Å². The number of hydrogen-bond donors (Lipinski definition) is 2. The third-order valence-corrected chi connectivity index (χ3v) is 3.88. The predicted octanol–water partition coefficient (Wildman–Crippen LogP) is 3.67. The van der Waals surface area contributed by atoms with Crippen LogP contribution in [-0.4, -0.2) is 0 Å². The zero-order valence-electron chi connectivity index (χ0n) is 9.21. The average Bonchev–Trinajstić information content (AvgIpc) is 2.69. The largest absolute Gasteiger partial charge is 0.466 e. The van der Waals surface area contributed by atoms with E-state index in [-0.39, 0.29) is 6.04 Å². The highest BCUT2D eigenvalue weighted by molar-refractivity contribution is 9.10. The number of benzene rings is 1. The Kier molecular flexibility index (Phi) is 4.04. The van der Waals surface area contributed by atoms with Crippen molar-refractivity contribution in [3.63, 3.8) is 0 Å². The van der Waals surface area contributed by atoms with E-state index >= 15 is 0 Å². The van der Waals surface area contributed by atoms with Gasteiger partial charge < -0.3 is 4.42 Å². The number of halogens is 2. The summed E-state index contributed by atoms with van der Waals surface area (Å²) in [4.78, 5) is 0. The maximum Gasteiger partial charge on any atom is 0.140 e. The van der Waals surface area contributed by atoms with Gasteiger partial charge in [-0.2, -0.15) is 0 Å². The second-order valence-electron chi connectivity index (χ2n) is 3.76. The molecule has 0 aliphatic rings. The molecule has 0 amide bonds. The van der Waals surface area contributed by atoms with Crippen LogP contribution in [0.25, 0.3) is 0 Å². The molecule has 1 atom stereocenters. The minimum atomic E-state index is -0.186. The molecule has 1 heterocycles. The fraction of sp³-hybridized carbons (Fsp3) is 0.167. The molecule has 0 aliphatic carbocycles. The summed E-state index contributed by atoms with van der Waals surface area (Å²) in [6.07, 6.45) is 1.63. The standard InChI is InChI=1S/C12H12Br2N2O/c1-7-2-3-8(10(14)6-7)11(16-15)12-9(13)4-5-17-12/h2-6,11,16H,15H2,1H3. The highest BCUT2D eigenvalue weighted by Gasteiger charge is 2.20. The summed E-state index contributed by atoms with van der Waals surface area (Å²) >= 11 is 6.99. The minimum Gasteiger partial charge on any atom is -0.466 e. The second-order valence-corrected chi connectivity index (χ2v) is 5.47. The van der Waals surface area contributed by atoms with Gasteiger partial charge in [-0.05, 0) is 46.1 Å². The van der Waals surface area contributed by atoms with E-state index in [1.165, 1.54) is 5.56 Å². The van der Waals surface area contributed by atoms with Crippen molar-refractivity contribution < 1.29 is 4.42 Å². The Morgan fingerprint density at radius 1 is 1.24 bits per heavy atom. The monoisotopic (exact) mass is 358 g/mol. The molecule has 2 aromatic rings. The lowest BCUT2D eigenvalue weighted by atomic mass is 10.0. The van der Waals surface area contributed by atoms with Crippen LogP contribution in [-0.2, 0) is 0 Å². The van der Waals surface area contributed by atoms with Crippen molar-refractivity contribution in [1.82, 2.24) is 5.43 Å². The van der Waals surface area contributed by atoms with Crippen molar-refractivity contribution >= 4 is 31.9 Å². The number of hydrogen-bond acceptors (Lipinski definition) is 3. The van der Waals surface area contributed by atoms with Crippen LogP contribution in [0.15, 0.2) is 43.9 Å². The molecule has 90 valence electrons. The van der Waals surface area contributed by atoms with Crippen LogP contribution in [0.1, 0.15) is 22.9 Å². The van der Waals surface area contributed by atoms with Crippen LogP contribution in [0.4, 0.5) is 0 Å². The minimum absolute atomic E-state index is 0.186. The van der Waals surface area contributed by atoms with Gasteiger partial charge in [0.25, 0.3) is 0 Å². The lowest BCUT2D eigenvalue weighted by Gasteiger charge is -2.16. The summed E-state index contributed by atoms with van der Waals surface area (Å²) in [6.45, 7) is 2.04. The van der Waals surface area contributed by atoms with E-state index < -0.39 is 0 Å². The molecule has 5 heteroatoms. The van der Waals surface area contributed by atoms with E-state index in [0.29, 0.717) is 0 Å². The summed E-state index contributed by atoms with van der Waals surface area (Å²) in [5.41, 5.74) is 4.99. The maximum absolute atomic E-state index is 5.62. The fourth-order valence-corrected chi connectivity index (χ4v) is 2.84. The van der Waals surface area contributed by atoms with E-state index in [0.717, 1.165) is 20.3 Å². The first kappa shape index (κ1) is 12.8. The van der Waals surface area contributed by atoms with E-state index in [1.54, 1.807) is 6.26 Å². The maximum atomic E-state index is 5.62. The smallest absolute Gasteiger partial charge is 0.140 e. The molecule has 3 N–H and O–H groups in total. The third kappa shape index (κ3) is 2.63. The zero-order valence-corrected chi connectivity index (χ0v) is 12.4. The molecular weight excluding hydrogens is 348 g/mol. The lowest BCUT2D eigenvalue weighted by Crippen LogP contribution is -2.29. The summed E-state index contributed by atoms with van der Waals surface area (Å²) in [6, 6.07) is 7.78. The molecular formula is C12H12Br2N2O. The zero-order chi connectivity index (χ0) is 12.4. The van der Waals surface area contributed by atoms with E-state index in [9.17, 15) is 0 Å². The quantitative estimate of drug-likeness (QED) is 0.649. The van der Waals surface area contributed by atoms with Crippen LogP contribution in [0, 0.1) is 6.92 Å². The number of nitrogens with one attached hydrogen (secondary N) is 1. The Balaban J connectivity index is 2.46. The molecule has 0 spiro atoms. The molecule has 0 fully saturated rings. The highest BCUT2D eigenvalue weighted by Crippen LogP contribution is 2.33.